The van der Waals surface area contributed by atoms with E-state index in [0.29, 0.717) is 11.8 Å². The maximum Gasteiger partial charge on any atom is 0.119 e. The van der Waals surface area contributed by atoms with E-state index in [2.05, 4.69) is 96.1 Å². The minimum atomic E-state index is 0.616. The average Bonchev–Trinajstić information content (AvgIpc) is 3.14. The van der Waals surface area contributed by atoms with Gasteiger partial charge in [-0.25, -0.2) is 0 Å². The predicted octanol–water partition coefficient (Wildman–Crippen LogP) is 8.95. The summed E-state index contributed by atoms with van der Waals surface area (Å²) in [7, 11) is 4.47. The molecule has 288 valence electrons. The first-order valence-electron chi connectivity index (χ1n) is 21.4. The SMILES string of the molecule is CC1CC2CC(C)C(=C(c3ccc(OCCCCCCN4CCN(C)CC4)cc3)c3ccc(OCCCCCCN4CCN(C)CC4)cc3)C(C1)C2. The average molecular weight is 713 g/mol. The Bertz CT molecular complexity index is 1260. The molecule has 0 aromatic heterocycles. The summed E-state index contributed by atoms with van der Waals surface area (Å²) < 4.78 is 12.5. The Morgan fingerprint density at radius 2 is 1.00 bits per heavy atom. The Hall–Kier alpha value is -2.38. The number of unbranched alkanes of at least 4 members (excludes halogenated alkanes) is 6. The smallest absolute Gasteiger partial charge is 0.119 e. The lowest BCUT2D eigenvalue weighted by Crippen LogP contribution is -2.44. The lowest BCUT2D eigenvalue weighted by molar-refractivity contribution is 0.151. The van der Waals surface area contributed by atoms with E-state index in [1.54, 1.807) is 5.57 Å². The zero-order valence-corrected chi connectivity index (χ0v) is 33.5. The Morgan fingerprint density at radius 1 is 0.538 bits per heavy atom. The van der Waals surface area contributed by atoms with Crippen LogP contribution >= 0.6 is 0 Å². The summed E-state index contributed by atoms with van der Waals surface area (Å²) in [5, 5.41) is 0. The lowest BCUT2D eigenvalue weighted by atomic mass is 9.61. The number of nitrogens with zero attached hydrogens (tertiary/aromatic N) is 4. The van der Waals surface area contributed by atoms with E-state index in [-0.39, 0.29) is 0 Å². The number of hydrogen-bond donors (Lipinski definition) is 0. The molecule has 0 N–H and O–H groups in total. The quantitative estimate of drug-likeness (QED) is 0.144. The molecule has 52 heavy (non-hydrogen) atoms. The van der Waals surface area contributed by atoms with Crippen LogP contribution in [-0.4, -0.2) is 112 Å². The highest BCUT2D eigenvalue weighted by Crippen LogP contribution is 2.51. The number of allylic oxidation sites excluding steroid dienone is 1. The highest BCUT2D eigenvalue weighted by atomic mass is 16.5. The second-order valence-corrected chi connectivity index (χ2v) is 17.2. The fourth-order valence-electron chi connectivity index (χ4n) is 9.71. The van der Waals surface area contributed by atoms with Crippen LogP contribution in [-0.2, 0) is 0 Å². The van der Waals surface area contributed by atoms with Crippen molar-refractivity contribution in [3.05, 3.63) is 65.2 Å². The summed E-state index contributed by atoms with van der Waals surface area (Å²) in [5.41, 5.74) is 5.82. The first-order valence-corrected chi connectivity index (χ1v) is 21.4. The van der Waals surface area contributed by atoms with Crippen molar-refractivity contribution in [2.24, 2.45) is 23.7 Å². The number of rotatable bonds is 18. The standard InChI is InChI=1S/C46H72N4O2/c1-37-33-39-35-38(2)45(42(34-37)36-39)46(40-13-17-43(18-14-40)51-31-11-7-5-9-21-49-27-23-47(3)24-28-49)41-15-19-44(20-16-41)52-32-12-8-6-10-22-50-29-25-48(4)26-30-50/h13-20,37-39,42H,5-12,21-36H2,1-4H3. The van der Waals surface area contributed by atoms with Crippen LogP contribution in [0.4, 0.5) is 0 Å². The maximum atomic E-state index is 6.26. The van der Waals surface area contributed by atoms with Crippen molar-refractivity contribution in [3.63, 3.8) is 0 Å². The maximum absolute atomic E-state index is 6.26. The van der Waals surface area contributed by atoms with E-state index < -0.39 is 0 Å². The van der Waals surface area contributed by atoms with Gasteiger partial charge in [-0.2, -0.15) is 0 Å². The van der Waals surface area contributed by atoms with E-state index >= 15 is 0 Å². The van der Waals surface area contributed by atoms with Crippen molar-refractivity contribution in [1.29, 1.82) is 0 Å². The topological polar surface area (TPSA) is 31.4 Å². The normalized spacial score (nSPS) is 25.0. The van der Waals surface area contributed by atoms with Crippen LogP contribution in [0.5, 0.6) is 11.5 Å². The number of fused-ring (bicyclic) bond motifs is 2. The van der Waals surface area contributed by atoms with E-state index in [1.165, 1.54) is 146 Å². The van der Waals surface area contributed by atoms with Crippen LogP contribution in [0.1, 0.15) is 102 Å². The van der Waals surface area contributed by atoms with Crippen LogP contribution < -0.4 is 9.47 Å². The molecule has 4 aliphatic rings. The number of hydrogen-bond acceptors (Lipinski definition) is 6. The summed E-state index contributed by atoms with van der Waals surface area (Å²) >= 11 is 0. The van der Waals surface area contributed by atoms with Crippen LogP contribution in [0.25, 0.3) is 5.57 Å². The molecule has 0 amide bonds. The van der Waals surface area contributed by atoms with Gasteiger partial charge in [-0.1, -0.05) is 69.4 Å². The fourth-order valence-corrected chi connectivity index (χ4v) is 9.71. The fraction of sp³-hybridized carbons (Fsp3) is 0.696. The van der Waals surface area contributed by atoms with Crippen molar-refractivity contribution in [2.75, 3.05) is 92.8 Å². The van der Waals surface area contributed by atoms with Gasteiger partial charge in [-0.15, -0.1) is 0 Å². The second-order valence-electron chi connectivity index (χ2n) is 17.2. The van der Waals surface area contributed by atoms with E-state index in [0.717, 1.165) is 49.4 Å². The van der Waals surface area contributed by atoms with Crippen molar-refractivity contribution in [2.45, 2.75) is 90.9 Å². The molecule has 2 heterocycles. The monoisotopic (exact) mass is 713 g/mol. The molecule has 4 atom stereocenters. The lowest BCUT2D eigenvalue weighted by Gasteiger charge is -2.44. The van der Waals surface area contributed by atoms with Gasteiger partial charge in [0.2, 0.25) is 0 Å². The van der Waals surface area contributed by atoms with Crippen LogP contribution in [0.15, 0.2) is 54.1 Å². The number of piperazine rings is 2. The first-order chi connectivity index (χ1) is 25.4. The van der Waals surface area contributed by atoms with Gasteiger partial charge in [-0.05, 0) is 143 Å². The van der Waals surface area contributed by atoms with Gasteiger partial charge in [0.1, 0.15) is 11.5 Å². The Kier molecular flexibility index (Phi) is 15.4. The van der Waals surface area contributed by atoms with Gasteiger partial charge in [0.25, 0.3) is 0 Å². The van der Waals surface area contributed by atoms with Crippen LogP contribution in [0, 0.1) is 23.7 Å². The molecule has 2 saturated heterocycles. The van der Waals surface area contributed by atoms with Gasteiger partial charge in [-0.3, -0.25) is 0 Å². The summed E-state index contributed by atoms with van der Waals surface area (Å²) in [6, 6.07) is 18.2. The Labute approximate surface area is 317 Å². The van der Waals surface area contributed by atoms with Gasteiger partial charge in [0, 0.05) is 52.4 Å². The number of likely N-dealkylation sites (N-methyl/N-ethyl adjacent to an activating group) is 2. The van der Waals surface area contributed by atoms with Crippen molar-refractivity contribution >= 4 is 5.57 Å². The predicted molar refractivity (Wildman–Crippen MR) is 218 cm³/mol. The molecule has 2 aromatic rings. The van der Waals surface area contributed by atoms with E-state index in [1.807, 2.05) is 0 Å². The van der Waals surface area contributed by atoms with Gasteiger partial charge in [0.05, 0.1) is 13.2 Å². The van der Waals surface area contributed by atoms with Gasteiger partial charge >= 0.3 is 0 Å². The van der Waals surface area contributed by atoms with Gasteiger partial charge in [0.15, 0.2) is 0 Å². The molecule has 2 aliphatic carbocycles. The molecule has 6 rings (SSSR count). The third-order valence-electron chi connectivity index (χ3n) is 12.7. The number of ether oxygens (including phenoxy) is 2. The first kappa shape index (κ1) is 39.3. The minimum Gasteiger partial charge on any atom is -0.494 e. The highest BCUT2D eigenvalue weighted by molar-refractivity contribution is 5.83. The summed E-state index contributed by atoms with van der Waals surface area (Å²) in [6.45, 7) is 18.8. The molecule has 0 radical (unpaired) electrons. The number of benzene rings is 2. The van der Waals surface area contributed by atoms with E-state index in [9.17, 15) is 0 Å². The molecule has 2 bridgehead atoms. The Morgan fingerprint density at radius 3 is 1.48 bits per heavy atom. The summed E-state index contributed by atoms with van der Waals surface area (Å²) in [5.74, 6) is 5.00. The minimum absolute atomic E-state index is 0.616. The molecule has 4 unspecified atom stereocenters. The molecule has 6 nitrogen and oxygen atoms in total. The van der Waals surface area contributed by atoms with Gasteiger partial charge < -0.3 is 29.1 Å². The molecule has 6 heteroatoms. The molecule has 0 spiro atoms. The largest absolute Gasteiger partial charge is 0.494 e. The Balaban J connectivity index is 1.00. The molecule has 4 fully saturated rings. The van der Waals surface area contributed by atoms with Crippen LogP contribution in [0.3, 0.4) is 0 Å². The summed E-state index contributed by atoms with van der Waals surface area (Å²) in [6.07, 6.45) is 15.4. The third-order valence-corrected chi connectivity index (χ3v) is 12.7. The van der Waals surface area contributed by atoms with Crippen LogP contribution in [0.2, 0.25) is 0 Å². The van der Waals surface area contributed by atoms with Crippen molar-refractivity contribution in [3.8, 4) is 11.5 Å². The highest BCUT2D eigenvalue weighted by Gasteiger charge is 2.38. The molecule has 2 aromatic carbocycles. The molecular weight excluding hydrogens is 641 g/mol. The molecule has 2 aliphatic heterocycles. The second kappa shape index (κ2) is 20.3. The zero-order valence-electron chi connectivity index (χ0n) is 33.5. The molecular formula is C46H72N4O2. The van der Waals surface area contributed by atoms with Crippen molar-refractivity contribution in [1.82, 2.24) is 19.6 Å². The van der Waals surface area contributed by atoms with E-state index in [4.69, 9.17) is 9.47 Å². The summed E-state index contributed by atoms with van der Waals surface area (Å²) in [4.78, 5) is 10.1. The third kappa shape index (κ3) is 11.8. The van der Waals surface area contributed by atoms with Crippen molar-refractivity contribution < 1.29 is 9.47 Å². The molecule has 2 saturated carbocycles. The zero-order chi connectivity index (χ0) is 36.1.